The smallest absolute Gasteiger partial charge is 0.125 e. The van der Waals surface area contributed by atoms with E-state index in [0.29, 0.717) is 31.8 Å². The molecule has 0 amide bonds. The van der Waals surface area contributed by atoms with Crippen LogP contribution in [0.25, 0.3) is 11.1 Å². The second-order valence-electron chi connectivity index (χ2n) is 14.4. The first kappa shape index (κ1) is 37.2. The average Bonchev–Trinajstić information content (AvgIpc) is 3.10. The van der Waals surface area contributed by atoms with Crippen LogP contribution < -0.4 is 4.74 Å². The van der Waals surface area contributed by atoms with Crippen molar-refractivity contribution in [2.45, 2.75) is 123 Å². The largest absolute Gasteiger partial charge is 0.493 e. The molecule has 258 valence electrons. The van der Waals surface area contributed by atoms with Gasteiger partial charge in [0.1, 0.15) is 5.75 Å². The highest BCUT2D eigenvalue weighted by Gasteiger charge is 2.29. The minimum atomic E-state index is -0.598. The number of aliphatic hydroxyl groups is 3. The van der Waals surface area contributed by atoms with Crippen LogP contribution >= 0.6 is 0 Å². The molecule has 3 aromatic rings. The SMILES string of the molecule is CCCCCC1CCC(c2ccc(-c3cc(CCC)c(OCCC(CO)(CO)CCc4ccccc4)c(CCCO)c3)c(C)c2)CC1. The van der Waals surface area contributed by atoms with Crippen molar-refractivity contribution < 1.29 is 20.1 Å². The molecular weight excluding hydrogens is 580 g/mol. The number of benzene rings is 3. The summed E-state index contributed by atoms with van der Waals surface area (Å²) >= 11 is 0. The zero-order valence-electron chi connectivity index (χ0n) is 29.6. The highest BCUT2D eigenvalue weighted by atomic mass is 16.5. The van der Waals surface area contributed by atoms with Gasteiger partial charge in [-0.1, -0.05) is 94.5 Å². The third-order valence-corrected chi connectivity index (χ3v) is 10.8. The van der Waals surface area contributed by atoms with Crippen LogP contribution in [0.15, 0.2) is 60.7 Å². The number of ether oxygens (including phenoxy) is 1. The Morgan fingerprint density at radius 2 is 1.47 bits per heavy atom. The second-order valence-corrected chi connectivity index (χ2v) is 14.4. The predicted molar refractivity (Wildman–Crippen MR) is 196 cm³/mol. The van der Waals surface area contributed by atoms with E-state index in [1.54, 1.807) is 0 Å². The summed E-state index contributed by atoms with van der Waals surface area (Å²) in [6, 6.07) is 22.0. The van der Waals surface area contributed by atoms with Crippen LogP contribution in [0.1, 0.15) is 125 Å². The first-order chi connectivity index (χ1) is 23.0. The Hall–Kier alpha value is -2.66. The summed E-state index contributed by atoms with van der Waals surface area (Å²) < 4.78 is 6.58. The molecule has 4 nitrogen and oxygen atoms in total. The van der Waals surface area contributed by atoms with Gasteiger partial charge in [-0.3, -0.25) is 0 Å². The van der Waals surface area contributed by atoms with E-state index in [0.717, 1.165) is 42.9 Å². The van der Waals surface area contributed by atoms with Gasteiger partial charge in [-0.15, -0.1) is 0 Å². The molecule has 0 heterocycles. The van der Waals surface area contributed by atoms with Gasteiger partial charge in [0.05, 0.1) is 19.8 Å². The van der Waals surface area contributed by atoms with Gasteiger partial charge in [0.15, 0.2) is 0 Å². The Morgan fingerprint density at radius 1 is 0.745 bits per heavy atom. The maximum Gasteiger partial charge on any atom is 0.125 e. The molecule has 1 fully saturated rings. The number of hydrogen-bond donors (Lipinski definition) is 3. The summed E-state index contributed by atoms with van der Waals surface area (Å²) in [4.78, 5) is 0. The fraction of sp³-hybridized carbons (Fsp3) is 0.581. The summed E-state index contributed by atoms with van der Waals surface area (Å²) in [5, 5.41) is 30.5. The molecule has 1 aliphatic carbocycles. The molecule has 0 bridgehead atoms. The fourth-order valence-corrected chi connectivity index (χ4v) is 7.65. The van der Waals surface area contributed by atoms with E-state index in [9.17, 15) is 15.3 Å². The van der Waals surface area contributed by atoms with Crippen LogP contribution in [-0.2, 0) is 19.3 Å². The molecule has 1 aliphatic rings. The van der Waals surface area contributed by atoms with Crippen molar-refractivity contribution in [2.24, 2.45) is 11.3 Å². The Morgan fingerprint density at radius 3 is 2.11 bits per heavy atom. The highest BCUT2D eigenvalue weighted by Crippen LogP contribution is 2.40. The van der Waals surface area contributed by atoms with E-state index in [-0.39, 0.29) is 19.8 Å². The topological polar surface area (TPSA) is 69.9 Å². The maximum atomic E-state index is 10.4. The van der Waals surface area contributed by atoms with Crippen LogP contribution in [0.2, 0.25) is 0 Å². The van der Waals surface area contributed by atoms with E-state index in [4.69, 9.17) is 4.74 Å². The molecule has 47 heavy (non-hydrogen) atoms. The quantitative estimate of drug-likeness (QED) is 0.107. The minimum absolute atomic E-state index is 0.0759. The van der Waals surface area contributed by atoms with Crippen LogP contribution in [-0.4, -0.2) is 41.7 Å². The molecule has 4 rings (SSSR count). The van der Waals surface area contributed by atoms with Gasteiger partial charge in [0, 0.05) is 12.0 Å². The Balaban J connectivity index is 1.50. The monoisotopic (exact) mass is 642 g/mol. The van der Waals surface area contributed by atoms with Gasteiger partial charge < -0.3 is 20.1 Å². The number of rotatable bonds is 20. The Kier molecular flexibility index (Phi) is 15.3. The summed E-state index contributed by atoms with van der Waals surface area (Å²) in [7, 11) is 0. The van der Waals surface area contributed by atoms with Crippen LogP contribution in [0.5, 0.6) is 5.75 Å². The van der Waals surface area contributed by atoms with E-state index >= 15 is 0 Å². The molecule has 3 N–H and O–H groups in total. The number of hydrogen-bond acceptors (Lipinski definition) is 4. The van der Waals surface area contributed by atoms with Crippen molar-refractivity contribution in [1.29, 1.82) is 0 Å². The molecule has 1 saturated carbocycles. The van der Waals surface area contributed by atoms with Crippen molar-refractivity contribution in [3.63, 3.8) is 0 Å². The molecule has 3 aromatic carbocycles. The van der Waals surface area contributed by atoms with Crippen LogP contribution in [0, 0.1) is 18.3 Å². The summed E-state index contributed by atoms with van der Waals surface area (Å²) in [6.07, 6.45) is 16.3. The first-order valence-corrected chi connectivity index (χ1v) is 18.7. The van der Waals surface area contributed by atoms with E-state index in [1.807, 2.05) is 18.2 Å². The van der Waals surface area contributed by atoms with Crippen molar-refractivity contribution in [2.75, 3.05) is 26.4 Å². The number of aryl methyl sites for hydroxylation is 4. The van der Waals surface area contributed by atoms with E-state index < -0.39 is 5.41 Å². The van der Waals surface area contributed by atoms with Crippen LogP contribution in [0.3, 0.4) is 0 Å². The van der Waals surface area contributed by atoms with Crippen molar-refractivity contribution in [3.8, 4) is 16.9 Å². The molecular formula is C43H62O4. The molecule has 0 atom stereocenters. The lowest BCUT2D eigenvalue weighted by atomic mass is 9.76. The lowest BCUT2D eigenvalue weighted by molar-refractivity contribution is 0.0286. The third-order valence-electron chi connectivity index (χ3n) is 10.8. The lowest BCUT2D eigenvalue weighted by Crippen LogP contribution is -2.32. The van der Waals surface area contributed by atoms with Gasteiger partial charge in [0.2, 0.25) is 0 Å². The number of unbranched alkanes of at least 4 members (excludes halogenated alkanes) is 2. The van der Waals surface area contributed by atoms with Gasteiger partial charge in [-0.25, -0.2) is 0 Å². The van der Waals surface area contributed by atoms with Crippen molar-refractivity contribution >= 4 is 0 Å². The molecule has 0 aromatic heterocycles. The molecule has 0 radical (unpaired) electrons. The molecule has 4 heteroatoms. The van der Waals surface area contributed by atoms with Gasteiger partial charge >= 0.3 is 0 Å². The first-order valence-electron chi connectivity index (χ1n) is 18.7. The number of aliphatic hydroxyl groups excluding tert-OH is 3. The zero-order chi connectivity index (χ0) is 33.5. The van der Waals surface area contributed by atoms with E-state index in [1.165, 1.54) is 84.7 Å². The van der Waals surface area contributed by atoms with Gasteiger partial charge in [-0.05, 0) is 134 Å². The zero-order valence-corrected chi connectivity index (χ0v) is 29.6. The van der Waals surface area contributed by atoms with Crippen LogP contribution in [0.4, 0.5) is 0 Å². The average molecular weight is 643 g/mol. The molecule has 0 spiro atoms. The summed E-state index contributed by atoms with van der Waals surface area (Å²) in [5.41, 5.74) is 8.26. The predicted octanol–water partition coefficient (Wildman–Crippen LogP) is 9.77. The molecule has 0 saturated heterocycles. The van der Waals surface area contributed by atoms with E-state index in [2.05, 4.69) is 63.2 Å². The summed E-state index contributed by atoms with van der Waals surface area (Å²) in [6.45, 7) is 7.16. The Bertz CT molecular complexity index is 1320. The van der Waals surface area contributed by atoms with Gasteiger partial charge in [-0.2, -0.15) is 0 Å². The second kappa shape index (κ2) is 19.4. The van der Waals surface area contributed by atoms with Gasteiger partial charge in [0.25, 0.3) is 0 Å². The lowest BCUT2D eigenvalue weighted by Gasteiger charge is -2.30. The standard InChI is InChI=1S/C43H62O4/c1-4-6-8-13-35-17-19-36(20-18-35)37-21-22-41(33(3)28-37)40-29-38(12-5-2)42(39(30-40)16-11-26-44)47-27-25-43(31-45,32-46)24-23-34-14-9-7-10-15-34/h7,9-10,14-15,21-22,28-30,35-36,44-46H,4-6,8,11-13,16-20,23-27,31-32H2,1-3H3. The molecule has 0 aliphatic heterocycles. The highest BCUT2D eigenvalue weighted by molar-refractivity contribution is 5.71. The molecule has 0 unspecified atom stereocenters. The van der Waals surface area contributed by atoms with Crippen molar-refractivity contribution in [1.82, 2.24) is 0 Å². The maximum absolute atomic E-state index is 10.4. The fourth-order valence-electron chi connectivity index (χ4n) is 7.65. The third kappa shape index (κ3) is 10.7. The van der Waals surface area contributed by atoms with Crippen molar-refractivity contribution in [3.05, 3.63) is 88.5 Å². The normalized spacial score (nSPS) is 16.8. The summed E-state index contributed by atoms with van der Waals surface area (Å²) in [5.74, 6) is 2.52. The minimum Gasteiger partial charge on any atom is -0.493 e. The Labute approximate surface area is 285 Å².